The molecule has 1 aromatic heterocycles. The topological polar surface area (TPSA) is 44.8 Å². The van der Waals surface area contributed by atoms with Crippen LogP contribution in [0.4, 0.5) is 4.79 Å². The zero-order valence-corrected chi connectivity index (χ0v) is 14.2. The molecule has 0 radical (unpaired) electrons. The summed E-state index contributed by atoms with van der Waals surface area (Å²) in [7, 11) is 0. The highest BCUT2D eigenvalue weighted by atomic mass is 35.5. The van der Waals surface area contributed by atoms with Crippen LogP contribution in [0.5, 0.6) is 0 Å². The summed E-state index contributed by atoms with van der Waals surface area (Å²) in [5.74, 6) is 0.480. The van der Waals surface area contributed by atoms with Crippen molar-refractivity contribution in [3.63, 3.8) is 0 Å². The number of carbonyl (C=O) groups is 1. The Kier molecular flexibility index (Phi) is 5.57. The first-order valence-electron chi connectivity index (χ1n) is 7.78. The molecule has 2 saturated heterocycles. The molecule has 2 amide bonds. The molecule has 0 unspecified atom stereocenters. The van der Waals surface area contributed by atoms with Crippen LogP contribution in [0.25, 0.3) is 0 Å². The van der Waals surface area contributed by atoms with Crippen LogP contribution in [0.3, 0.4) is 0 Å². The minimum Gasteiger partial charge on any atom is -0.381 e. The number of nitrogens with one attached hydrogen (secondary N) is 1. The maximum atomic E-state index is 12.2. The van der Waals surface area contributed by atoms with Gasteiger partial charge in [-0.15, -0.1) is 11.3 Å². The maximum absolute atomic E-state index is 12.2. The molecule has 2 aliphatic rings. The number of halogens is 1. The van der Waals surface area contributed by atoms with E-state index >= 15 is 0 Å². The van der Waals surface area contributed by atoms with Gasteiger partial charge in [-0.1, -0.05) is 11.6 Å². The Bertz CT molecular complexity index is 497. The van der Waals surface area contributed by atoms with Crippen LogP contribution < -0.4 is 5.32 Å². The number of amides is 2. The lowest BCUT2D eigenvalue weighted by Crippen LogP contribution is -2.52. The number of thiophene rings is 1. The van der Waals surface area contributed by atoms with E-state index in [1.807, 2.05) is 11.0 Å². The molecular formula is C15H22ClN3O2S. The quantitative estimate of drug-likeness (QED) is 0.912. The van der Waals surface area contributed by atoms with Gasteiger partial charge in [0.05, 0.1) is 10.9 Å². The first kappa shape index (κ1) is 16.1. The van der Waals surface area contributed by atoms with E-state index in [4.69, 9.17) is 16.3 Å². The third-order valence-electron chi connectivity index (χ3n) is 4.23. The molecule has 0 aromatic carbocycles. The van der Waals surface area contributed by atoms with Gasteiger partial charge in [-0.3, -0.25) is 4.90 Å². The number of hydrogen-bond acceptors (Lipinski definition) is 4. The second-order valence-electron chi connectivity index (χ2n) is 5.88. The minimum atomic E-state index is 0.0609. The van der Waals surface area contributed by atoms with E-state index in [1.165, 1.54) is 4.88 Å². The van der Waals surface area contributed by atoms with Gasteiger partial charge in [0.15, 0.2) is 0 Å². The Morgan fingerprint density at radius 3 is 2.82 bits per heavy atom. The SMILES string of the molecule is O=C(NC[C@H]1CCOC1)N1CCN(Cc2ccc(Cl)s2)CC1. The smallest absolute Gasteiger partial charge is 0.317 e. The molecule has 1 aromatic rings. The molecule has 122 valence electrons. The predicted octanol–water partition coefficient (Wildman–Crippen LogP) is 2.27. The summed E-state index contributed by atoms with van der Waals surface area (Å²) in [6, 6.07) is 4.08. The molecule has 0 aliphatic carbocycles. The number of piperazine rings is 1. The lowest BCUT2D eigenvalue weighted by Gasteiger charge is -2.34. The van der Waals surface area contributed by atoms with Crippen molar-refractivity contribution in [2.45, 2.75) is 13.0 Å². The third kappa shape index (κ3) is 4.35. The molecule has 2 aliphatic heterocycles. The minimum absolute atomic E-state index is 0.0609. The molecule has 0 saturated carbocycles. The van der Waals surface area contributed by atoms with E-state index in [2.05, 4.69) is 16.3 Å². The number of ether oxygens (including phenoxy) is 1. The van der Waals surface area contributed by atoms with Crippen LogP contribution in [-0.2, 0) is 11.3 Å². The summed E-state index contributed by atoms with van der Waals surface area (Å²) in [5.41, 5.74) is 0. The Hall–Kier alpha value is -0.820. The Morgan fingerprint density at radius 2 is 2.18 bits per heavy atom. The van der Waals surface area contributed by atoms with Crippen molar-refractivity contribution in [1.29, 1.82) is 0 Å². The molecule has 1 N–H and O–H groups in total. The van der Waals surface area contributed by atoms with Crippen molar-refractivity contribution >= 4 is 29.0 Å². The standard InChI is InChI=1S/C15H22ClN3O2S/c16-14-2-1-13(22-14)10-18-4-6-19(7-5-18)15(20)17-9-12-3-8-21-11-12/h1-2,12H,3-11H2,(H,17,20)/t12-/m1/s1. The Balaban J connectivity index is 1.38. The predicted molar refractivity (Wildman–Crippen MR) is 88.5 cm³/mol. The van der Waals surface area contributed by atoms with Gasteiger partial charge in [-0.25, -0.2) is 4.79 Å². The molecule has 3 heterocycles. The summed E-state index contributed by atoms with van der Waals surface area (Å²) < 4.78 is 6.16. The molecule has 1 atom stereocenters. The van der Waals surface area contributed by atoms with Gasteiger partial charge in [-0.2, -0.15) is 0 Å². The second-order valence-corrected chi connectivity index (χ2v) is 7.68. The molecule has 22 heavy (non-hydrogen) atoms. The number of nitrogens with zero attached hydrogens (tertiary/aromatic N) is 2. The van der Waals surface area contributed by atoms with Crippen molar-refractivity contribution < 1.29 is 9.53 Å². The molecule has 5 nitrogen and oxygen atoms in total. The van der Waals surface area contributed by atoms with E-state index in [0.29, 0.717) is 5.92 Å². The average Bonchev–Trinajstić information content (AvgIpc) is 3.17. The van der Waals surface area contributed by atoms with Gasteiger partial charge in [0.2, 0.25) is 0 Å². The van der Waals surface area contributed by atoms with Crippen LogP contribution >= 0.6 is 22.9 Å². The van der Waals surface area contributed by atoms with Crippen LogP contribution in [0, 0.1) is 5.92 Å². The third-order valence-corrected chi connectivity index (χ3v) is 5.45. The van der Waals surface area contributed by atoms with Gasteiger partial charge in [-0.05, 0) is 18.6 Å². The lowest BCUT2D eigenvalue weighted by molar-refractivity contribution is 0.134. The van der Waals surface area contributed by atoms with Crippen LogP contribution in [-0.4, -0.2) is 61.8 Å². The average molecular weight is 344 g/mol. The number of carbonyl (C=O) groups excluding carboxylic acids is 1. The van der Waals surface area contributed by atoms with E-state index in [-0.39, 0.29) is 6.03 Å². The number of hydrogen-bond donors (Lipinski definition) is 1. The van der Waals surface area contributed by atoms with E-state index in [9.17, 15) is 4.79 Å². The highest BCUT2D eigenvalue weighted by Crippen LogP contribution is 2.23. The van der Waals surface area contributed by atoms with Gasteiger partial charge >= 0.3 is 6.03 Å². The van der Waals surface area contributed by atoms with Crippen molar-refractivity contribution in [2.24, 2.45) is 5.92 Å². The monoisotopic (exact) mass is 343 g/mol. The number of rotatable bonds is 4. The van der Waals surface area contributed by atoms with Crippen molar-refractivity contribution in [3.05, 3.63) is 21.3 Å². The first-order chi connectivity index (χ1) is 10.7. The second kappa shape index (κ2) is 7.64. The fourth-order valence-electron chi connectivity index (χ4n) is 2.85. The fourth-order valence-corrected chi connectivity index (χ4v) is 3.98. The zero-order chi connectivity index (χ0) is 15.4. The van der Waals surface area contributed by atoms with Crippen LogP contribution in [0.1, 0.15) is 11.3 Å². The van der Waals surface area contributed by atoms with Gasteiger partial charge in [0, 0.05) is 56.7 Å². The van der Waals surface area contributed by atoms with Gasteiger partial charge in [0.1, 0.15) is 0 Å². The molecule has 7 heteroatoms. The molecule has 0 spiro atoms. The summed E-state index contributed by atoms with van der Waals surface area (Å²) in [6.45, 7) is 6.64. The lowest BCUT2D eigenvalue weighted by atomic mass is 10.1. The fraction of sp³-hybridized carbons (Fsp3) is 0.667. The van der Waals surface area contributed by atoms with Gasteiger partial charge < -0.3 is 15.0 Å². The van der Waals surface area contributed by atoms with Crippen molar-refractivity contribution in [2.75, 3.05) is 45.9 Å². The Morgan fingerprint density at radius 1 is 1.36 bits per heavy atom. The molecule has 2 fully saturated rings. The normalized spacial score (nSPS) is 23.0. The summed E-state index contributed by atoms with van der Waals surface area (Å²) in [5, 5.41) is 3.04. The zero-order valence-electron chi connectivity index (χ0n) is 12.6. The van der Waals surface area contributed by atoms with Crippen LogP contribution in [0.2, 0.25) is 4.34 Å². The van der Waals surface area contributed by atoms with E-state index < -0.39 is 0 Å². The summed E-state index contributed by atoms with van der Waals surface area (Å²) in [6.07, 6.45) is 1.05. The van der Waals surface area contributed by atoms with Gasteiger partial charge in [0.25, 0.3) is 0 Å². The number of urea groups is 1. The van der Waals surface area contributed by atoms with Crippen molar-refractivity contribution in [3.8, 4) is 0 Å². The van der Waals surface area contributed by atoms with Crippen LogP contribution in [0.15, 0.2) is 12.1 Å². The molecular weight excluding hydrogens is 322 g/mol. The Labute approximate surface area is 140 Å². The summed E-state index contributed by atoms with van der Waals surface area (Å²) >= 11 is 7.59. The molecule has 0 bridgehead atoms. The van der Waals surface area contributed by atoms with Crippen molar-refractivity contribution in [1.82, 2.24) is 15.1 Å². The molecule has 3 rings (SSSR count). The highest BCUT2D eigenvalue weighted by Gasteiger charge is 2.23. The summed E-state index contributed by atoms with van der Waals surface area (Å²) in [4.78, 5) is 17.7. The first-order valence-corrected chi connectivity index (χ1v) is 8.97. The maximum Gasteiger partial charge on any atom is 0.317 e. The van der Waals surface area contributed by atoms with E-state index in [1.54, 1.807) is 11.3 Å². The largest absolute Gasteiger partial charge is 0.381 e. The highest BCUT2D eigenvalue weighted by molar-refractivity contribution is 7.16. The van der Waals surface area contributed by atoms with E-state index in [0.717, 1.165) is 63.2 Å².